The number of ether oxygens (including phenoxy) is 3. The fourth-order valence-electron chi connectivity index (χ4n) is 3.69. The maximum atomic E-state index is 13.2. The van der Waals surface area contributed by atoms with Crippen LogP contribution in [-0.2, 0) is 4.79 Å². The smallest absolute Gasteiger partial charge is 0.254 e. The van der Waals surface area contributed by atoms with Crippen molar-refractivity contribution < 1.29 is 28.3 Å². The quantitative estimate of drug-likeness (QED) is 0.628. The van der Waals surface area contributed by atoms with Gasteiger partial charge in [-0.2, -0.15) is 0 Å². The number of nitrogens with one attached hydrogen (secondary N) is 1. The SMILES string of the molecule is CCOc1cc(C(=O)N2CCC(C(=O)Nc3cc(C)on3)CC2)cc(OCC)c1OCC. The van der Waals surface area contributed by atoms with E-state index in [-0.39, 0.29) is 17.7 Å². The van der Waals surface area contributed by atoms with Crippen LogP contribution in [0, 0.1) is 12.8 Å². The summed E-state index contributed by atoms with van der Waals surface area (Å²) in [6.07, 6.45) is 1.14. The zero-order valence-corrected chi connectivity index (χ0v) is 19.1. The highest BCUT2D eigenvalue weighted by atomic mass is 16.5. The molecule has 0 atom stereocenters. The number of hydrogen-bond acceptors (Lipinski definition) is 7. The average molecular weight is 446 g/mol. The Kier molecular flexibility index (Phi) is 7.97. The number of likely N-dealkylation sites (tertiary alicyclic amines) is 1. The van der Waals surface area contributed by atoms with E-state index < -0.39 is 0 Å². The first-order valence-electron chi connectivity index (χ1n) is 11.1. The average Bonchev–Trinajstić information content (AvgIpc) is 3.20. The van der Waals surface area contributed by atoms with E-state index in [4.69, 9.17) is 18.7 Å². The molecular formula is C23H31N3O6. The van der Waals surface area contributed by atoms with Crippen LogP contribution in [0.25, 0.3) is 0 Å². The molecule has 1 aliphatic rings. The fraction of sp³-hybridized carbons (Fsp3) is 0.522. The summed E-state index contributed by atoms with van der Waals surface area (Å²) in [6, 6.07) is 5.07. The van der Waals surface area contributed by atoms with Gasteiger partial charge in [0.05, 0.1) is 19.8 Å². The van der Waals surface area contributed by atoms with Crippen molar-refractivity contribution in [3.63, 3.8) is 0 Å². The minimum Gasteiger partial charge on any atom is -0.490 e. The minimum atomic E-state index is -0.186. The number of aromatic nitrogens is 1. The lowest BCUT2D eigenvalue weighted by molar-refractivity contribution is -0.121. The molecule has 1 saturated heterocycles. The normalized spacial score (nSPS) is 14.2. The summed E-state index contributed by atoms with van der Waals surface area (Å²) in [7, 11) is 0. The highest BCUT2D eigenvalue weighted by molar-refractivity contribution is 5.96. The highest BCUT2D eigenvalue weighted by Crippen LogP contribution is 2.39. The van der Waals surface area contributed by atoms with Crippen LogP contribution in [0.2, 0.25) is 0 Å². The number of carbonyl (C=O) groups is 2. The molecule has 1 aromatic carbocycles. The maximum absolute atomic E-state index is 13.2. The van der Waals surface area contributed by atoms with Gasteiger partial charge in [-0.1, -0.05) is 5.16 Å². The van der Waals surface area contributed by atoms with Gasteiger partial charge in [-0.3, -0.25) is 9.59 Å². The Balaban J connectivity index is 1.69. The Labute approximate surface area is 188 Å². The summed E-state index contributed by atoms with van der Waals surface area (Å²) in [5, 5.41) is 6.57. The first-order chi connectivity index (χ1) is 15.5. The molecule has 0 spiro atoms. The predicted molar refractivity (Wildman–Crippen MR) is 118 cm³/mol. The van der Waals surface area contributed by atoms with Crippen LogP contribution in [0.15, 0.2) is 22.7 Å². The van der Waals surface area contributed by atoms with Gasteiger partial charge in [-0.15, -0.1) is 0 Å². The predicted octanol–water partition coefficient (Wildman–Crippen LogP) is 3.67. The largest absolute Gasteiger partial charge is 0.490 e. The molecule has 1 aromatic heterocycles. The molecule has 32 heavy (non-hydrogen) atoms. The molecule has 1 N–H and O–H groups in total. The lowest BCUT2D eigenvalue weighted by Gasteiger charge is -2.31. The van der Waals surface area contributed by atoms with E-state index in [9.17, 15) is 9.59 Å². The van der Waals surface area contributed by atoms with Crippen molar-refractivity contribution in [2.75, 3.05) is 38.2 Å². The number of hydrogen-bond donors (Lipinski definition) is 1. The molecular weight excluding hydrogens is 414 g/mol. The number of carbonyl (C=O) groups excluding carboxylic acids is 2. The van der Waals surface area contributed by atoms with Gasteiger partial charge in [-0.25, -0.2) is 0 Å². The second kappa shape index (κ2) is 10.9. The van der Waals surface area contributed by atoms with E-state index in [1.807, 2.05) is 20.8 Å². The van der Waals surface area contributed by atoms with Gasteiger partial charge in [0.25, 0.3) is 5.91 Å². The summed E-state index contributed by atoms with van der Waals surface area (Å²) in [6.45, 7) is 9.70. The fourth-order valence-corrected chi connectivity index (χ4v) is 3.69. The molecule has 174 valence electrons. The molecule has 1 fully saturated rings. The van der Waals surface area contributed by atoms with Crippen LogP contribution in [0.1, 0.15) is 49.7 Å². The van der Waals surface area contributed by atoms with Gasteiger partial charge in [-0.05, 0) is 52.7 Å². The van der Waals surface area contributed by atoms with Crippen molar-refractivity contribution in [2.24, 2.45) is 5.92 Å². The summed E-state index contributed by atoms with van der Waals surface area (Å²) in [5.41, 5.74) is 0.473. The molecule has 0 saturated carbocycles. The molecule has 9 heteroatoms. The first-order valence-corrected chi connectivity index (χ1v) is 11.1. The molecule has 1 aliphatic heterocycles. The molecule has 9 nitrogen and oxygen atoms in total. The molecule has 3 rings (SSSR count). The van der Waals surface area contributed by atoms with Crippen LogP contribution in [0.5, 0.6) is 17.2 Å². The molecule has 2 aromatic rings. The van der Waals surface area contributed by atoms with Crippen LogP contribution in [-0.4, -0.2) is 54.8 Å². The zero-order valence-electron chi connectivity index (χ0n) is 19.1. The van der Waals surface area contributed by atoms with Gasteiger partial charge < -0.3 is 29.0 Å². The Morgan fingerprint density at radius 3 is 2.12 bits per heavy atom. The van der Waals surface area contributed by atoms with Crippen molar-refractivity contribution in [1.29, 1.82) is 0 Å². The standard InChI is InChI=1S/C23H31N3O6/c1-5-29-18-13-17(14-19(30-6-2)21(18)31-7-3)23(28)26-10-8-16(9-11-26)22(27)24-20-12-15(4)32-25-20/h12-14,16H,5-11H2,1-4H3,(H,24,25,27). The Morgan fingerprint density at radius 1 is 1.03 bits per heavy atom. The second-order valence-corrected chi connectivity index (χ2v) is 7.48. The molecule has 0 aliphatic carbocycles. The molecule has 0 unspecified atom stereocenters. The molecule has 0 radical (unpaired) electrons. The van der Waals surface area contributed by atoms with Gasteiger partial charge in [0.2, 0.25) is 11.7 Å². The van der Waals surface area contributed by atoms with E-state index in [0.29, 0.717) is 80.1 Å². The third-order valence-corrected chi connectivity index (χ3v) is 5.19. The number of piperidine rings is 1. The molecule has 2 amide bonds. The van der Waals surface area contributed by atoms with E-state index in [1.165, 1.54) is 0 Å². The molecule has 2 heterocycles. The number of nitrogens with zero attached hydrogens (tertiary/aromatic N) is 2. The topological polar surface area (TPSA) is 103 Å². The lowest BCUT2D eigenvalue weighted by Crippen LogP contribution is -2.41. The van der Waals surface area contributed by atoms with Gasteiger partial charge >= 0.3 is 0 Å². The first kappa shape index (κ1) is 23.4. The van der Waals surface area contributed by atoms with E-state index in [0.717, 1.165) is 0 Å². The van der Waals surface area contributed by atoms with Crippen molar-refractivity contribution >= 4 is 17.6 Å². The van der Waals surface area contributed by atoms with Gasteiger partial charge in [0.15, 0.2) is 17.3 Å². The summed E-state index contributed by atoms with van der Waals surface area (Å²) < 4.78 is 22.1. The monoisotopic (exact) mass is 445 g/mol. The van der Waals surface area contributed by atoms with Gasteiger partial charge in [0.1, 0.15) is 5.76 Å². The number of aryl methyl sites for hydroxylation is 1. The molecule has 0 bridgehead atoms. The Morgan fingerprint density at radius 2 is 1.62 bits per heavy atom. The van der Waals surface area contributed by atoms with Crippen LogP contribution >= 0.6 is 0 Å². The number of anilines is 1. The number of rotatable bonds is 9. The van der Waals surface area contributed by atoms with Gasteiger partial charge in [0, 0.05) is 30.6 Å². The highest BCUT2D eigenvalue weighted by Gasteiger charge is 2.29. The Hall–Kier alpha value is -3.23. The zero-order chi connectivity index (χ0) is 23.1. The van der Waals surface area contributed by atoms with E-state index in [2.05, 4.69) is 10.5 Å². The maximum Gasteiger partial charge on any atom is 0.254 e. The Bertz CT molecular complexity index is 907. The van der Waals surface area contributed by atoms with E-state index in [1.54, 1.807) is 30.0 Å². The summed E-state index contributed by atoms with van der Waals surface area (Å²) in [5.74, 6) is 2.10. The van der Waals surface area contributed by atoms with Crippen molar-refractivity contribution in [2.45, 2.75) is 40.5 Å². The van der Waals surface area contributed by atoms with Crippen LogP contribution in [0.3, 0.4) is 0 Å². The number of benzene rings is 1. The van der Waals surface area contributed by atoms with Crippen LogP contribution < -0.4 is 19.5 Å². The van der Waals surface area contributed by atoms with Crippen molar-refractivity contribution in [3.05, 3.63) is 29.5 Å². The van der Waals surface area contributed by atoms with Crippen molar-refractivity contribution in [1.82, 2.24) is 10.1 Å². The lowest BCUT2D eigenvalue weighted by atomic mass is 9.95. The third kappa shape index (κ3) is 5.52. The van der Waals surface area contributed by atoms with Crippen molar-refractivity contribution in [3.8, 4) is 17.2 Å². The second-order valence-electron chi connectivity index (χ2n) is 7.48. The minimum absolute atomic E-state index is 0.108. The third-order valence-electron chi connectivity index (χ3n) is 5.19. The van der Waals surface area contributed by atoms with E-state index >= 15 is 0 Å². The summed E-state index contributed by atoms with van der Waals surface area (Å²) in [4.78, 5) is 27.5. The van der Waals surface area contributed by atoms with Crippen LogP contribution in [0.4, 0.5) is 5.82 Å². The number of amides is 2. The summed E-state index contributed by atoms with van der Waals surface area (Å²) >= 11 is 0.